The van der Waals surface area contributed by atoms with Crippen LogP contribution in [-0.2, 0) is 6.42 Å². The first kappa shape index (κ1) is 22.7. The Morgan fingerprint density at radius 3 is 2.62 bits per heavy atom. The second-order valence-electron chi connectivity index (χ2n) is 6.05. The van der Waals surface area contributed by atoms with Gasteiger partial charge in [-0.3, -0.25) is 4.99 Å². The van der Waals surface area contributed by atoms with Gasteiger partial charge in [0.05, 0.1) is 17.2 Å². The monoisotopic (exact) mass is 487 g/mol. The molecule has 2 N–H and O–H groups in total. The number of para-hydroxylation sites is 1. The standard InChI is InChI=1S/C19H29N5S.HI/c1-5-20-19(21-12-11-17-14-25-16(3)23-17)22-13-15(2)24(4)18-9-7-6-8-10-18;/h6-10,14-15H,5,11-13H2,1-4H3,(H2,20,21,22);1H. The average molecular weight is 487 g/mol. The highest BCUT2D eigenvalue weighted by Crippen LogP contribution is 2.14. The molecule has 1 heterocycles. The van der Waals surface area contributed by atoms with Crippen molar-refractivity contribution >= 4 is 47.0 Å². The number of guanidine groups is 1. The van der Waals surface area contributed by atoms with E-state index in [-0.39, 0.29) is 24.0 Å². The fourth-order valence-corrected chi connectivity index (χ4v) is 3.08. The molecule has 0 aliphatic heterocycles. The lowest BCUT2D eigenvalue weighted by Crippen LogP contribution is -2.40. The molecule has 1 aromatic heterocycles. The van der Waals surface area contributed by atoms with E-state index in [0.717, 1.165) is 42.7 Å². The van der Waals surface area contributed by atoms with Gasteiger partial charge in [0.25, 0.3) is 0 Å². The van der Waals surface area contributed by atoms with Gasteiger partial charge >= 0.3 is 0 Å². The maximum Gasteiger partial charge on any atom is 0.191 e. The normalized spacial score (nSPS) is 12.2. The number of hydrogen-bond acceptors (Lipinski definition) is 4. The average Bonchev–Trinajstić information content (AvgIpc) is 3.04. The summed E-state index contributed by atoms with van der Waals surface area (Å²) in [5, 5.41) is 9.95. The van der Waals surface area contributed by atoms with E-state index in [1.165, 1.54) is 5.69 Å². The smallest absolute Gasteiger partial charge is 0.191 e. The van der Waals surface area contributed by atoms with Gasteiger partial charge in [0, 0.05) is 43.7 Å². The number of anilines is 1. The van der Waals surface area contributed by atoms with Crippen LogP contribution in [0.15, 0.2) is 40.7 Å². The van der Waals surface area contributed by atoms with Crippen LogP contribution >= 0.6 is 35.3 Å². The quantitative estimate of drug-likeness (QED) is 0.339. The van der Waals surface area contributed by atoms with Crippen molar-refractivity contribution in [2.24, 2.45) is 4.99 Å². The molecule has 0 spiro atoms. The summed E-state index contributed by atoms with van der Waals surface area (Å²) in [4.78, 5) is 11.5. The molecule has 0 bridgehead atoms. The Balaban J connectivity index is 0.00000338. The molecule has 144 valence electrons. The zero-order valence-corrected chi connectivity index (χ0v) is 19.2. The van der Waals surface area contributed by atoms with Crippen molar-refractivity contribution in [2.45, 2.75) is 33.2 Å². The summed E-state index contributed by atoms with van der Waals surface area (Å²) in [5.74, 6) is 0.864. The molecular formula is C19H30IN5S. The van der Waals surface area contributed by atoms with Crippen molar-refractivity contribution < 1.29 is 0 Å². The van der Waals surface area contributed by atoms with Crippen LogP contribution in [-0.4, -0.2) is 43.7 Å². The van der Waals surface area contributed by atoms with Crippen molar-refractivity contribution in [1.29, 1.82) is 0 Å². The number of thiazole rings is 1. The first-order valence-electron chi connectivity index (χ1n) is 8.81. The molecule has 0 saturated heterocycles. The fraction of sp³-hybridized carbons (Fsp3) is 0.474. The highest BCUT2D eigenvalue weighted by Gasteiger charge is 2.09. The molecule has 0 amide bonds. The number of benzene rings is 1. The molecule has 0 fully saturated rings. The summed E-state index contributed by atoms with van der Waals surface area (Å²) in [6.45, 7) is 8.73. The maximum absolute atomic E-state index is 4.73. The summed E-state index contributed by atoms with van der Waals surface area (Å²) in [5.41, 5.74) is 2.35. The Morgan fingerprint density at radius 2 is 2.00 bits per heavy atom. The number of aryl methyl sites for hydroxylation is 1. The van der Waals surface area contributed by atoms with Crippen molar-refractivity contribution in [2.75, 3.05) is 31.6 Å². The van der Waals surface area contributed by atoms with Crippen molar-refractivity contribution in [3.63, 3.8) is 0 Å². The lowest BCUT2D eigenvalue weighted by atomic mass is 10.2. The Hall–Kier alpha value is -1.35. The molecule has 1 unspecified atom stereocenters. The molecule has 0 saturated carbocycles. The summed E-state index contributed by atoms with van der Waals surface area (Å²) in [6.07, 6.45) is 0.911. The molecule has 0 aliphatic rings. The van der Waals surface area contributed by atoms with E-state index in [9.17, 15) is 0 Å². The van der Waals surface area contributed by atoms with Crippen molar-refractivity contribution in [3.05, 3.63) is 46.4 Å². The minimum absolute atomic E-state index is 0. The number of halogens is 1. The zero-order valence-electron chi connectivity index (χ0n) is 16.0. The summed E-state index contributed by atoms with van der Waals surface area (Å²) in [7, 11) is 2.11. The number of rotatable bonds is 8. The summed E-state index contributed by atoms with van der Waals surface area (Å²) < 4.78 is 0. The van der Waals surface area contributed by atoms with Gasteiger partial charge in [0.2, 0.25) is 0 Å². The van der Waals surface area contributed by atoms with Crippen LogP contribution < -0.4 is 15.5 Å². The Kier molecular flexibility index (Phi) is 10.6. The number of nitrogens with zero attached hydrogens (tertiary/aromatic N) is 3. The molecule has 5 nitrogen and oxygen atoms in total. The topological polar surface area (TPSA) is 52.6 Å². The minimum Gasteiger partial charge on any atom is -0.370 e. The third kappa shape index (κ3) is 7.49. The van der Waals surface area contributed by atoms with Gasteiger partial charge < -0.3 is 15.5 Å². The van der Waals surface area contributed by atoms with Gasteiger partial charge in [-0.15, -0.1) is 35.3 Å². The Morgan fingerprint density at radius 1 is 1.27 bits per heavy atom. The van der Waals surface area contributed by atoms with Crippen molar-refractivity contribution in [1.82, 2.24) is 15.6 Å². The molecule has 2 aromatic rings. The van der Waals surface area contributed by atoms with E-state index >= 15 is 0 Å². The molecule has 26 heavy (non-hydrogen) atoms. The SMILES string of the molecule is CCNC(=NCC(C)N(C)c1ccccc1)NCCc1csc(C)n1.I. The molecule has 7 heteroatoms. The van der Waals surface area contributed by atoms with E-state index in [1.807, 2.05) is 13.0 Å². The molecule has 1 atom stereocenters. The molecule has 0 radical (unpaired) electrons. The number of aromatic nitrogens is 1. The maximum atomic E-state index is 4.73. The largest absolute Gasteiger partial charge is 0.370 e. The van der Waals surface area contributed by atoms with Gasteiger partial charge in [0.1, 0.15) is 0 Å². The predicted octanol–water partition coefficient (Wildman–Crippen LogP) is 3.69. The third-order valence-corrected chi connectivity index (χ3v) is 4.84. The van der Waals surface area contributed by atoms with Gasteiger partial charge in [-0.1, -0.05) is 18.2 Å². The second kappa shape index (κ2) is 12.1. The van der Waals surface area contributed by atoms with Gasteiger partial charge in [-0.2, -0.15) is 0 Å². The highest BCUT2D eigenvalue weighted by atomic mass is 127. The molecular weight excluding hydrogens is 457 g/mol. The Labute approximate surface area is 178 Å². The van der Waals surface area contributed by atoms with Gasteiger partial charge in [0.15, 0.2) is 5.96 Å². The molecule has 0 aliphatic carbocycles. The number of likely N-dealkylation sites (N-methyl/N-ethyl adjacent to an activating group) is 1. The number of nitrogens with one attached hydrogen (secondary N) is 2. The van der Waals surface area contributed by atoms with Crippen LogP contribution in [0.4, 0.5) is 5.69 Å². The van der Waals surface area contributed by atoms with E-state index in [4.69, 9.17) is 4.99 Å². The second-order valence-corrected chi connectivity index (χ2v) is 7.11. The van der Waals surface area contributed by atoms with Crippen LogP contribution in [0.25, 0.3) is 0 Å². The van der Waals surface area contributed by atoms with Gasteiger partial charge in [-0.05, 0) is 32.9 Å². The molecule has 2 rings (SSSR count). The van der Waals surface area contributed by atoms with Crippen LogP contribution in [0.2, 0.25) is 0 Å². The number of hydrogen-bond donors (Lipinski definition) is 2. The molecule has 1 aromatic carbocycles. The van der Waals surface area contributed by atoms with E-state index < -0.39 is 0 Å². The lowest BCUT2D eigenvalue weighted by molar-refractivity contribution is 0.686. The lowest BCUT2D eigenvalue weighted by Gasteiger charge is -2.26. The van der Waals surface area contributed by atoms with E-state index in [1.54, 1.807) is 11.3 Å². The van der Waals surface area contributed by atoms with E-state index in [2.05, 4.69) is 71.1 Å². The van der Waals surface area contributed by atoms with Gasteiger partial charge in [-0.25, -0.2) is 4.98 Å². The number of aliphatic imine (C=N–C) groups is 1. The summed E-state index contributed by atoms with van der Waals surface area (Å²) in [6, 6.07) is 10.7. The van der Waals surface area contributed by atoms with Crippen LogP contribution in [0.1, 0.15) is 24.5 Å². The highest BCUT2D eigenvalue weighted by molar-refractivity contribution is 14.0. The van der Waals surface area contributed by atoms with Crippen LogP contribution in [0.5, 0.6) is 0 Å². The fourth-order valence-electron chi connectivity index (χ4n) is 2.44. The van der Waals surface area contributed by atoms with Crippen molar-refractivity contribution in [3.8, 4) is 0 Å². The zero-order chi connectivity index (χ0) is 18.1. The first-order valence-corrected chi connectivity index (χ1v) is 9.69. The van der Waals surface area contributed by atoms with E-state index in [0.29, 0.717) is 6.04 Å². The van der Waals surface area contributed by atoms with Crippen LogP contribution in [0.3, 0.4) is 0 Å². The van der Waals surface area contributed by atoms with Crippen LogP contribution in [0, 0.1) is 6.92 Å². The first-order chi connectivity index (χ1) is 12.1. The summed E-state index contributed by atoms with van der Waals surface area (Å²) >= 11 is 1.70. The predicted molar refractivity (Wildman–Crippen MR) is 124 cm³/mol. The third-order valence-electron chi connectivity index (χ3n) is 4.02. The minimum atomic E-state index is 0. The Bertz CT molecular complexity index is 659.